The highest BCUT2D eigenvalue weighted by Crippen LogP contribution is 2.39. The molecule has 1 aliphatic carbocycles. The fourth-order valence-corrected chi connectivity index (χ4v) is 3.35. The Balaban J connectivity index is 1.64. The zero-order valence-corrected chi connectivity index (χ0v) is 11.9. The van der Waals surface area contributed by atoms with Gasteiger partial charge in [-0.1, -0.05) is 42.6 Å². The van der Waals surface area contributed by atoms with Crippen LogP contribution in [0.5, 0.6) is 5.75 Å². The van der Waals surface area contributed by atoms with Crippen molar-refractivity contribution < 1.29 is 9.26 Å². The van der Waals surface area contributed by atoms with Crippen LogP contribution in [-0.4, -0.2) is 16.7 Å². The van der Waals surface area contributed by atoms with Crippen molar-refractivity contribution in [1.82, 2.24) is 10.1 Å². The van der Waals surface area contributed by atoms with Gasteiger partial charge in [0.15, 0.2) is 5.82 Å². The van der Waals surface area contributed by atoms with Crippen LogP contribution in [0.25, 0.3) is 0 Å². The first-order valence-corrected chi connectivity index (χ1v) is 7.61. The normalized spacial score (nSPS) is 23.6. The van der Waals surface area contributed by atoms with E-state index in [1.807, 2.05) is 18.2 Å². The van der Waals surface area contributed by atoms with Crippen LogP contribution < -0.4 is 10.5 Å². The van der Waals surface area contributed by atoms with Gasteiger partial charge in [-0.3, -0.25) is 0 Å². The molecule has 0 amide bonds. The van der Waals surface area contributed by atoms with Crippen LogP contribution in [0.2, 0.25) is 0 Å². The summed E-state index contributed by atoms with van der Waals surface area (Å²) in [4.78, 5) is 4.60. The summed E-state index contributed by atoms with van der Waals surface area (Å²) in [5.74, 6) is 2.20. The predicted octanol–water partition coefficient (Wildman–Crippen LogP) is 2.71. The molecule has 2 aliphatic rings. The SMILES string of the molecule is NC1(c2noc(C3COc4ccccc43)n2)CCCCC1. The highest BCUT2D eigenvalue weighted by Gasteiger charge is 2.36. The van der Waals surface area contributed by atoms with Gasteiger partial charge >= 0.3 is 0 Å². The molecule has 1 saturated carbocycles. The van der Waals surface area contributed by atoms with Crippen molar-refractivity contribution >= 4 is 0 Å². The quantitative estimate of drug-likeness (QED) is 0.918. The van der Waals surface area contributed by atoms with E-state index in [-0.39, 0.29) is 5.92 Å². The minimum absolute atomic E-state index is 0.0228. The second-order valence-corrected chi connectivity index (χ2v) is 6.07. The van der Waals surface area contributed by atoms with E-state index in [0.717, 1.165) is 37.0 Å². The Morgan fingerprint density at radius 3 is 2.81 bits per heavy atom. The van der Waals surface area contributed by atoms with Crippen molar-refractivity contribution in [3.05, 3.63) is 41.5 Å². The number of hydrogen-bond donors (Lipinski definition) is 1. The number of fused-ring (bicyclic) bond motifs is 1. The summed E-state index contributed by atoms with van der Waals surface area (Å²) in [6.07, 6.45) is 5.38. The van der Waals surface area contributed by atoms with E-state index in [4.69, 9.17) is 15.0 Å². The summed E-state index contributed by atoms with van der Waals surface area (Å²) in [7, 11) is 0. The van der Waals surface area contributed by atoms with Gasteiger partial charge in [0.05, 0.1) is 5.54 Å². The van der Waals surface area contributed by atoms with E-state index in [2.05, 4.69) is 16.2 Å². The number of benzene rings is 1. The third kappa shape index (κ3) is 2.12. The number of hydrogen-bond acceptors (Lipinski definition) is 5. The van der Waals surface area contributed by atoms with Gasteiger partial charge in [0.25, 0.3) is 0 Å². The Morgan fingerprint density at radius 1 is 1.14 bits per heavy atom. The molecule has 0 bridgehead atoms. The standard InChI is InChI=1S/C16H19N3O2/c17-16(8-4-1-5-9-16)15-18-14(21-19-15)12-10-20-13-7-3-2-6-11(12)13/h2-3,6-7,12H,1,4-5,8-10,17H2. The number of para-hydroxylation sites is 1. The molecule has 110 valence electrons. The summed E-state index contributed by atoms with van der Waals surface area (Å²) in [6, 6.07) is 7.99. The van der Waals surface area contributed by atoms with Gasteiger partial charge in [0.1, 0.15) is 18.3 Å². The number of ether oxygens (including phenoxy) is 1. The predicted molar refractivity (Wildman–Crippen MR) is 77.0 cm³/mol. The van der Waals surface area contributed by atoms with Gasteiger partial charge in [-0.15, -0.1) is 0 Å². The third-order valence-electron chi connectivity index (χ3n) is 4.63. The molecule has 1 aromatic carbocycles. The van der Waals surface area contributed by atoms with E-state index in [0.29, 0.717) is 18.3 Å². The van der Waals surface area contributed by atoms with E-state index >= 15 is 0 Å². The lowest BCUT2D eigenvalue weighted by Crippen LogP contribution is -2.39. The zero-order chi connectivity index (χ0) is 14.3. The molecule has 21 heavy (non-hydrogen) atoms. The van der Waals surface area contributed by atoms with Crippen LogP contribution in [0.1, 0.15) is 55.3 Å². The summed E-state index contributed by atoms with van der Waals surface area (Å²) >= 11 is 0. The Morgan fingerprint density at radius 2 is 1.95 bits per heavy atom. The summed E-state index contributed by atoms with van der Waals surface area (Å²) < 4.78 is 11.2. The van der Waals surface area contributed by atoms with Crippen molar-refractivity contribution in [3.8, 4) is 5.75 Å². The van der Waals surface area contributed by atoms with E-state index in [1.165, 1.54) is 6.42 Å². The minimum atomic E-state index is -0.418. The van der Waals surface area contributed by atoms with Crippen molar-refractivity contribution in [3.63, 3.8) is 0 Å². The van der Waals surface area contributed by atoms with E-state index < -0.39 is 5.54 Å². The smallest absolute Gasteiger partial charge is 0.237 e. The Kier molecular flexibility index (Phi) is 2.96. The second kappa shape index (κ2) is 4.84. The Hall–Kier alpha value is -1.88. The highest BCUT2D eigenvalue weighted by atomic mass is 16.5. The van der Waals surface area contributed by atoms with Gasteiger partial charge in [0, 0.05) is 5.56 Å². The van der Waals surface area contributed by atoms with Crippen molar-refractivity contribution in [2.24, 2.45) is 5.73 Å². The van der Waals surface area contributed by atoms with Crippen LogP contribution >= 0.6 is 0 Å². The van der Waals surface area contributed by atoms with Gasteiger partial charge in [-0.05, 0) is 18.9 Å². The second-order valence-electron chi connectivity index (χ2n) is 6.07. The Labute approximate surface area is 123 Å². The highest BCUT2D eigenvalue weighted by molar-refractivity contribution is 5.42. The molecule has 1 aliphatic heterocycles. The molecule has 5 heteroatoms. The van der Waals surface area contributed by atoms with Crippen molar-refractivity contribution in [1.29, 1.82) is 0 Å². The molecule has 0 radical (unpaired) electrons. The van der Waals surface area contributed by atoms with Crippen LogP contribution in [0.4, 0.5) is 0 Å². The molecular weight excluding hydrogens is 266 g/mol. The topological polar surface area (TPSA) is 74.2 Å². The molecule has 4 rings (SSSR count). The number of nitrogens with two attached hydrogens (primary N) is 1. The van der Waals surface area contributed by atoms with Gasteiger partial charge < -0.3 is 15.0 Å². The molecule has 1 fully saturated rings. The molecule has 1 unspecified atom stereocenters. The van der Waals surface area contributed by atoms with Crippen LogP contribution in [0.3, 0.4) is 0 Å². The maximum absolute atomic E-state index is 6.47. The average Bonchev–Trinajstić information content (AvgIpc) is 3.15. The third-order valence-corrected chi connectivity index (χ3v) is 4.63. The maximum Gasteiger partial charge on any atom is 0.237 e. The molecule has 5 nitrogen and oxygen atoms in total. The monoisotopic (exact) mass is 285 g/mol. The zero-order valence-electron chi connectivity index (χ0n) is 11.9. The summed E-state index contributed by atoms with van der Waals surface area (Å²) in [6.45, 7) is 0.554. The summed E-state index contributed by atoms with van der Waals surface area (Å²) in [5, 5.41) is 4.16. The van der Waals surface area contributed by atoms with Crippen molar-refractivity contribution in [2.75, 3.05) is 6.61 Å². The first-order chi connectivity index (χ1) is 10.3. The molecule has 2 heterocycles. The van der Waals surface area contributed by atoms with Gasteiger partial charge in [0.2, 0.25) is 5.89 Å². The lowest BCUT2D eigenvalue weighted by molar-refractivity contribution is 0.270. The molecular formula is C16H19N3O2. The first kappa shape index (κ1) is 12.8. The fourth-order valence-electron chi connectivity index (χ4n) is 3.35. The van der Waals surface area contributed by atoms with Crippen LogP contribution in [-0.2, 0) is 5.54 Å². The molecule has 0 saturated heterocycles. The molecule has 2 N–H and O–H groups in total. The molecule has 0 spiro atoms. The number of rotatable bonds is 2. The van der Waals surface area contributed by atoms with Crippen LogP contribution in [0.15, 0.2) is 28.8 Å². The minimum Gasteiger partial charge on any atom is -0.492 e. The summed E-state index contributed by atoms with van der Waals surface area (Å²) in [5.41, 5.74) is 7.17. The lowest BCUT2D eigenvalue weighted by atomic mass is 9.82. The largest absolute Gasteiger partial charge is 0.492 e. The fraction of sp³-hybridized carbons (Fsp3) is 0.500. The molecule has 1 aromatic heterocycles. The Bertz CT molecular complexity index is 646. The first-order valence-electron chi connectivity index (χ1n) is 7.61. The molecule has 2 aromatic rings. The van der Waals surface area contributed by atoms with E-state index in [9.17, 15) is 0 Å². The number of nitrogens with zero attached hydrogens (tertiary/aromatic N) is 2. The average molecular weight is 285 g/mol. The van der Waals surface area contributed by atoms with Gasteiger partial charge in [-0.25, -0.2) is 0 Å². The van der Waals surface area contributed by atoms with E-state index in [1.54, 1.807) is 0 Å². The van der Waals surface area contributed by atoms with Crippen LogP contribution in [0, 0.1) is 0 Å². The van der Waals surface area contributed by atoms with Crippen molar-refractivity contribution in [2.45, 2.75) is 43.6 Å². The van der Waals surface area contributed by atoms with Gasteiger partial charge in [-0.2, -0.15) is 4.98 Å². The maximum atomic E-state index is 6.47. The number of aromatic nitrogens is 2. The lowest BCUT2D eigenvalue weighted by Gasteiger charge is -2.29. The molecule has 1 atom stereocenters.